The van der Waals surface area contributed by atoms with E-state index in [1.54, 1.807) is 44.2 Å². The zero-order valence-corrected chi connectivity index (χ0v) is 30.4. The number of H-pyrrole nitrogens is 1. The van der Waals surface area contributed by atoms with Crippen LogP contribution in [-0.2, 0) is 35.1 Å². The van der Waals surface area contributed by atoms with Crippen LogP contribution < -0.4 is 16.2 Å². The fraction of sp³-hybridized carbons (Fsp3) is 0.419. The topological polar surface area (TPSA) is 263 Å². The quantitative estimate of drug-likeness (QED) is 0.0969. The standard InChI is InChI=1S/C31H33F2N10O10PS/c1-13(2)26(46)40-31-39-25-20(28(48)41-31)37-12-43(25)30-22(17(32)15(8-44)51-30)53-54(49,55)50-9-16-21(45)18(33)29(52-16)42-11-36-19-23(34-10-35-24(19)42)38-27(47)14-6-4-3-5-7-14/h3-7,10-13,15-18,21-22,29-30,44-45H,8-9H2,1-2H3,(H,49,55)(H,34,35,38,47)(H2,39,40,41,46,48)/t15-,16-,17-,18-,21-,22-,29-,30-,54?/m1/s1. The maximum atomic E-state index is 15.7. The zero-order valence-electron chi connectivity index (χ0n) is 28.7. The second-order valence-electron chi connectivity index (χ2n) is 12.8. The number of nitrogens with zero attached hydrogens (tertiary/aromatic N) is 7. The van der Waals surface area contributed by atoms with Crippen molar-refractivity contribution in [2.45, 2.75) is 63.1 Å². The molecule has 1 aromatic carbocycles. The molecule has 0 saturated carbocycles. The molecule has 2 saturated heterocycles. The summed E-state index contributed by atoms with van der Waals surface area (Å²) in [6.07, 6.45) is -10.3. The van der Waals surface area contributed by atoms with Gasteiger partial charge in [0.2, 0.25) is 11.9 Å². The molecular weight excluding hydrogens is 773 g/mol. The second kappa shape index (κ2) is 15.4. The lowest BCUT2D eigenvalue weighted by Crippen LogP contribution is -2.33. The number of amides is 2. The highest BCUT2D eigenvalue weighted by atomic mass is 32.5. The summed E-state index contributed by atoms with van der Waals surface area (Å²) in [6, 6.07) is 8.33. The number of hydrogen-bond donors (Lipinski definition) is 6. The van der Waals surface area contributed by atoms with Gasteiger partial charge in [-0.05, 0) is 23.9 Å². The number of carbonyl (C=O) groups excluding carboxylic acids is 2. The van der Waals surface area contributed by atoms with Gasteiger partial charge in [-0.25, -0.2) is 28.7 Å². The van der Waals surface area contributed by atoms with E-state index in [9.17, 15) is 29.5 Å². The molecule has 0 aliphatic carbocycles. The van der Waals surface area contributed by atoms with Crippen molar-refractivity contribution in [3.8, 4) is 0 Å². The Morgan fingerprint density at radius 2 is 1.69 bits per heavy atom. The number of halogens is 2. The van der Waals surface area contributed by atoms with Crippen molar-refractivity contribution in [3.05, 3.63) is 65.2 Å². The summed E-state index contributed by atoms with van der Waals surface area (Å²) in [5.74, 6) is -1.58. The molecule has 55 heavy (non-hydrogen) atoms. The van der Waals surface area contributed by atoms with E-state index in [0.29, 0.717) is 5.56 Å². The molecule has 0 radical (unpaired) electrons. The SMILES string of the molecule is CC(C)C(=O)Nc1nc2c(ncn2[C@@H]2O[C@H](CO)[C@@H](F)[C@H]2OP(O)(=S)OC[C@H]2O[C@@H](n3cnc4c(NC(=O)c5ccccc5)ncnc43)[C@H](F)[C@@H]2O)c(=O)[nH]1. The van der Waals surface area contributed by atoms with E-state index in [1.165, 1.54) is 10.9 Å². The number of aliphatic hydroxyl groups excluding tert-OH is 2. The van der Waals surface area contributed by atoms with E-state index in [-0.39, 0.29) is 34.1 Å². The highest BCUT2D eigenvalue weighted by Crippen LogP contribution is 2.51. The van der Waals surface area contributed by atoms with Gasteiger partial charge < -0.3 is 34.4 Å². The van der Waals surface area contributed by atoms with Gasteiger partial charge >= 0.3 is 6.72 Å². The summed E-state index contributed by atoms with van der Waals surface area (Å²) >= 11 is 5.16. The first-order valence-corrected chi connectivity index (χ1v) is 19.2. The first kappa shape index (κ1) is 38.6. The van der Waals surface area contributed by atoms with Crippen molar-refractivity contribution in [1.82, 2.24) is 39.0 Å². The average molecular weight is 807 g/mol. The summed E-state index contributed by atoms with van der Waals surface area (Å²) in [4.78, 5) is 71.8. The Labute approximate surface area is 313 Å². The van der Waals surface area contributed by atoms with Gasteiger partial charge in [0.1, 0.15) is 30.7 Å². The molecule has 20 nitrogen and oxygen atoms in total. The summed E-state index contributed by atoms with van der Waals surface area (Å²) < 4.78 is 55.9. The molecule has 24 heteroatoms. The van der Waals surface area contributed by atoms with Crippen LogP contribution in [0.4, 0.5) is 20.5 Å². The van der Waals surface area contributed by atoms with E-state index in [2.05, 4.69) is 40.5 Å². The Morgan fingerprint density at radius 1 is 1.00 bits per heavy atom. The van der Waals surface area contributed by atoms with Gasteiger partial charge in [-0.15, -0.1) is 0 Å². The summed E-state index contributed by atoms with van der Waals surface area (Å²) in [5, 5.41) is 25.7. The molecule has 6 N–H and O–H groups in total. The van der Waals surface area contributed by atoms with Crippen molar-refractivity contribution in [2.75, 3.05) is 23.8 Å². The van der Waals surface area contributed by atoms with Crippen molar-refractivity contribution >= 4 is 64.4 Å². The molecule has 2 aliphatic heterocycles. The summed E-state index contributed by atoms with van der Waals surface area (Å²) in [6.45, 7) is -2.77. The van der Waals surface area contributed by atoms with Crippen LogP contribution in [0.3, 0.4) is 0 Å². The van der Waals surface area contributed by atoms with Crippen LogP contribution in [-0.4, -0.2) is 116 Å². The molecule has 2 fully saturated rings. The van der Waals surface area contributed by atoms with Crippen LogP contribution in [0.1, 0.15) is 36.7 Å². The van der Waals surface area contributed by atoms with Crippen molar-refractivity contribution < 1.29 is 52.0 Å². The third kappa shape index (κ3) is 7.62. The number of rotatable bonds is 12. The van der Waals surface area contributed by atoms with E-state index < -0.39 is 92.4 Å². The summed E-state index contributed by atoms with van der Waals surface area (Å²) in [7, 11) is 0. The fourth-order valence-electron chi connectivity index (χ4n) is 5.93. The Morgan fingerprint density at radius 3 is 2.40 bits per heavy atom. The van der Waals surface area contributed by atoms with Gasteiger partial charge in [-0.1, -0.05) is 32.0 Å². The number of aromatic amines is 1. The minimum atomic E-state index is -4.47. The number of carbonyl (C=O) groups is 2. The highest BCUT2D eigenvalue weighted by Gasteiger charge is 2.51. The number of anilines is 2. The van der Waals surface area contributed by atoms with Crippen molar-refractivity contribution in [3.63, 3.8) is 0 Å². The van der Waals surface area contributed by atoms with Crippen molar-refractivity contribution in [1.29, 1.82) is 0 Å². The van der Waals surface area contributed by atoms with Gasteiger partial charge in [0.05, 0.1) is 25.9 Å². The number of nitrogens with one attached hydrogen (secondary N) is 3. The summed E-state index contributed by atoms with van der Waals surface area (Å²) in [5.41, 5.74) is -0.587. The maximum absolute atomic E-state index is 15.7. The second-order valence-corrected chi connectivity index (χ2v) is 15.6. The maximum Gasteiger partial charge on any atom is 0.325 e. The van der Waals surface area contributed by atoms with Gasteiger partial charge in [0.25, 0.3) is 11.5 Å². The lowest BCUT2D eigenvalue weighted by atomic mass is 10.1. The minimum Gasteiger partial charge on any atom is -0.394 e. The van der Waals surface area contributed by atoms with Crippen LogP contribution in [0.2, 0.25) is 0 Å². The third-order valence-corrected chi connectivity index (χ3v) is 10.3. The molecule has 6 heterocycles. The van der Waals surface area contributed by atoms with Gasteiger partial charge in [-0.2, -0.15) is 4.98 Å². The number of aliphatic hydroxyl groups is 2. The van der Waals surface area contributed by atoms with Crippen LogP contribution in [0.15, 0.2) is 54.1 Å². The van der Waals surface area contributed by atoms with Crippen LogP contribution >= 0.6 is 6.72 Å². The fourth-order valence-corrected chi connectivity index (χ4v) is 7.33. The van der Waals surface area contributed by atoms with Gasteiger partial charge in [0, 0.05) is 11.5 Å². The van der Waals surface area contributed by atoms with Crippen LogP contribution in [0, 0.1) is 5.92 Å². The monoisotopic (exact) mass is 806 g/mol. The molecular formula is C31H33F2N10O10PS. The van der Waals surface area contributed by atoms with Crippen molar-refractivity contribution in [2.24, 2.45) is 5.92 Å². The van der Waals surface area contributed by atoms with Gasteiger partial charge in [-0.3, -0.25) is 38.3 Å². The molecule has 0 bridgehead atoms. The number of ether oxygens (including phenoxy) is 2. The number of aromatic nitrogens is 8. The molecule has 292 valence electrons. The van der Waals surface area contributed by atoms with E-state index in [1.807, 2.05) is 0 Å². The number of fused-ring (bicyclic) bond motifs is 2. The molecule has 9 atom stereocenters. The predicted molar refractivity (Wildman–Crippen MR) is 189 cm³/mol. The Hall–Kier alpha value is -4.71. The lowest BCUT2D eigenvalue weighted by Gasteiger charge is -2.26. The molecule has 2 aliphatic rings. The molecule has 7 rings (SSSR count). The molecule has 4 aromatic heterocycles. The molecule has 0 spiro atoms. The Balaban J connectivity index is 1.06. The number of benzene rings is 1. The smallest absolute Gasteiger partial charge is 0.325 e. The first-order chi connectivity index (χ1) is 26.3. The zero-order chi connectivity index (χ0) is 39.2. The van der Waals surface area contributed by atoms with E-state index >= 15 is 8.78 Å². The number of alkyl halides is 2. The Kier molecular flexibility index (Phi) is 10.8. The average Bonchev–Trinajstić information content (AvgIpc) is 3.92. The van der Waals surface area contributed by atoms with E-state index in [4.69, 9.17) is 30.3 Å². The molecule has 5 aromatic rings. The molecule has 2 amide bonds. The highest BCUT2D eigenvalue weighted by molar-refractivity contribution is 8.07. The molecule has 1 unspecified atom stereocenters. The Bertz CT molecular complexity index is 2330. The normalized spacial score (nSPS) is 26.5. The number of hydrogen-bond acceptors (Lipinski definition) is 15. The predicted octanol–water partition coefficient (Wildman–Crippen LogP) is 1.25. The third-order valence-electron chi connectivity index (χ3n) is 8.77. The van der Waals surface area contributed by atoms with Gasteiger partial charge in [0.15, 0.2) is 52.9 Å². The number of imidazole rings is 2. The van der Waals surface area contributed by atoms with Crippen LogP contribution in [0.25, 0.3) is 22.3 Å². The van der Waals surface area contributed by atoms with Crippen LogP contribution in [0.5, 0.6) is 0 Å². The van der Waals surface area contributed by atoms with E-state index in [0.717, 1.165) is 17.2 Å². The minimum absolute atomic E-state index is 0.0398. The largest absolute Gasteiger partial charge is 0.394 e. The first-order valence-electron chi connectivity index (χ1n) is 16.6. The lowest BCUT2D eigenvalue weighted by molar-refractivity contribution is -0.118.